The molecule has 1 fully saturated rings. The van der Waals surface area contributed by atoms with E-state index in [0.717, 1.165) is 23.3 Å². The molecule has 0 saturated carbocycles. The van der Waals surface area contributed by atoms with Gasteiger partial charge in [0.2, 0.25) is 0 Å². The molecule has 110 valence electrons. The Hall–Kier alpha value is -1.27. The van der Waals surface area contributed by atoms with Gasteiger partial charge in [-0.05, 0) is 35.0 Å². The van der Waals surface area contributed by atoms with Crippen molar-refractivity contribution < 1.29 is 9.47 Å². The van der Waals surface area contributed by atoms with Crippen molar-refractivity contribution in [3.63, 3.8) is 0 Å². The molecule has 2 rings (SSSR count). The number of para-hydroxylation sites is 1. The van der Waals surface area contributed by atoms with Gasteiger partial charge in [0.1, 0.15) is 11.9 Å². The predicted molar refractivity (Wildman–Crippen MR) is 83.1 cm³/mol. The first-order valence-electron chi connectivity index (χ1n) is 6.70. The minimum absolute atomic E-state index is 0.0340. The Kier molecular flexibility index (Phi) is 5.67. The molecule has 1 aliphatic heterocycles. The van der Waals surface area contributed by atoms with Crippen molar-refractivity contribution >= 4 is 21.9 Å². The summed E-state index contributed by atoms with van der Waals surface area (Å²) in [7, 11) is 0. The molecule has 6 heteroatoms. The average Bonchev–Trinajstić information content (AvgIpc) is 2.48. The normalized spacial score (nSPS) is 17.9. The number of hydrogen-bond donors (Lipinski definition) is 1. The zero-order valence-electron chi connectivity index (χ0n) is 11.6. The Morgan fingerprint density at radius 2 is 2.15 bits per heavy atom. The molecule has 1 aromatic carbocycles. The summed E-state index contributed by atoms with van der Waals surface area (Å²) < 4.78 is 12.1. The second kappa shape index (κ2) is 7.50. The summed E-state index contributed by atoms with van der Waals surface area (Å²) in [4.78, 5) is 6.43. The van der Waals surface area contributed by atoms with Crippen LogP contribution in [0.3, 0.4) is 0 Å². The molecule has 1 heterocycles. The fourth-order valence-electron chi connectivity index (χ4n) is 1.91. The average molecular weight is 342 g/mol. The number of rotatable bonds is 4. The molecule has 2 N–H and O–H groups in total. The Morgan fingerprint density at radius 3 is 2.85 bits per heavy atom. The highest BCUT2D eigenvalue weighted by atomic mass is 79.9. The zero-order valence-corrected chi connectivity index (χ0v) is 13.2. The van der Waals surface area contributed by atoms with E-state index in [1.54, 1.807) is 0 Å². The molecule has 0 bridgehead atoms. The number of benzene rings is 1. The fourth-order valence-corrected chi connectivity index (χ4v) is 2.29. The maximum atomic E-state index is 5.98. The Labute approximate surface area is 127 Å². The van der Waals surface area contributed by atoms with E-state index < -0.39 is 0 Å². The third kappa shape index (κ3) is 4.38. The van der Waals surface area contributed by atoms with Crippen LogP contribution in [-0.4, -0.2) is 49.8 Å². The van der Waals surface area contributed by atoms with E-state index >= 15 is 0 Å². The number of aliphatic imine (C=N–C) groups is 1. The maximum absolute atomic E-state index is 5.98. The number of guanidine groups is 1. The van der Waals surface area contributed by atoms with Crippen LogP contribution in [0.5, 0.6) is 5.75 Å². The van der Waals surface area contributed by atoms with Crippen LogP contribution in [0.2, 0.25) is 0 Å². The highest BCUT2D eigenvalue weighted by Gasteiger charge is 2.13. The standard InChI is InChI=1S/C14H20BrN3O2/c1-11(20-13-5-3-2-4-12(13)15)10-17-14(16)18-6-8-19-9-7-18/h2-5,11H,6-10H2,1H3,(H2,16,17). The molecule has 1 saturated heterocycles. The number of halogens is 1. The second-order valence-electron chi connectivity index (χ2n) is 4.66. The maximum Gasteiger partial charge on any atom is 0.191 e. The highest BCUT2D eigenvalue weighted by Crippen LogP contribution is 2.24. The van der Waals surface area contributed by atoms with Crippen LogP contribution in [0.25, 0.3) is 0 Å². The Morgan fingerprint density at radius 1 is 1.45 bits per heavy atom. The van der Waals surface area contributed by atoms with E-state index in [1.165, 1.54) is 0 Å². The lowest BCUT2D eigenvalue weighted by molar-refractivity contribution is 0.0673. The third-order valence-corrected chi connectivity index (χ3v) is 3.67. The molecule has 20 heavy (non-hydrogen) atoms. The second-order valence-corrected chi connectivity index (χ2v) is 5.51. The number of nitrogens with two attached hydrogens (primary N) is 1. The largest absolute Gasteiger partial charge is 0.488 e. The summed E-state index contributed by atoms with van der Waals surface area (Å²) in [5.41, 5.74) is 5.98. The first-order valence-corrected chi connectivity index (χ1v) is 7.50. The van der Waals surface area contributed by atoms with Gasteiger partial charge in [-0.3, -0.25) is 0 Å². The van der Waals surface area contributed by atoms with Gasteiger partial charge in [0.05, 0.1) is 24.2 Å². The quantitative estimate of drug-likeness (QED) is 0.670. The van der Waals surface area contributed by atoms with Gasteiger partial charge in [-0.15, -0.1) is 0 Å². The molecular weight excluding hydrogens is 322 g/mol. The van der Waals surface area contributed by atoms with Crippen molar-refractivity contribution in [3.05, 3.63) is 28.7 Å². The summed E-state index contributed by atoms with van der Waals surface area (Å²) in [5, 5.41) is 0. The SMILES string of the molecule is CC(CN=C(N)N1CCOCC1)Oc1ccccc1Br. The van der Waals surface area contributed by atoms with Gasteiger partial charge >= 0.3 is 0 Å². The van der Waals surface area contributed by atoms with Crippen molar-refractivity contribution in [2.75, 3.05) is 32.8 Å². The van der Waals surface area contributed by atoms with Crippen LogP contribution >= 0.6 is 15.9 Å². The predicted octanol–water partition coefficient (Wildman–Crippen LogP) is 1.86. The third-order valence-electron chi connectivity index (χ3n) is 3.01. The van der Waals surface area contributed by atoms with Gasteiger partial charge in [0.15, 0.2) is 5.96 Å². The molecule has 0 amide bonds. The molecule has 1 unspecified atom stereocenters. The van der Waals surface area contributed by atoms with Crippen LogP contribution in [-0.2, 0) is 4.74 Å². The van der Waals surface area contributed by atoms with Crippen LogP contribution in [0.15, 0.2) is 33.7 Å². The van der Waals surface area contributed by atoms with Gasteiger partial charge in [0.25, 0.3) is 0 Å². The smallest absolute Gasteiger partial charge is 0.191 e. The van der Waals surface area contributed by atoms with Crippen molar-refractivity contribution in [1.82, 2.24) is 4.90 Å². The summed E-state index contributed by atoms with van der Waals surface area (Å²) in [6.45, 7) is 5.53. The van der Waals surface area contributed by atoms with E-state index in [0.29, 0.717) is 25.7 Å². The van der Waals surface area contributed by atoms with Crippen molar-refractivity contribution in [2.24, 2.45) is 10.7 Å². The Bertz CT molecular complexity index is 461. The highest BCUT2D eigenvalue weighted by molar-refractivity contribution is 9.10. The molecule has 1 aliphatic rings. The number of nitrogens with zero attached hydrogens (tertiary/aromatic N) is 2. The summed E-state index contributed by atoms with van der Waals surface area (Å²) in [6, 6.07) is 7.78. The van der Waals surface area contributed by atoms with Crippen LogP contribution in [0.4, 0.5) is 0 Å². The summed E-state index contributed by atoms with van der Waals surface area (Å²) in [6.07, 6.45) is -0.0340. The van der Waals surface area contributed by atoms with Crippen LogP contribution in [0, 0.1) is 0 Å². The van der Waals surface area contributed by atoms with E-state index in [9.17, 15) is 0 Å². The molecule has 5 nitrogen and oxygen atoms in total. The van der Waals surface area contributed by atoms with E-state index in [-0.39, 0.29) is 6.10 Å². The monoisotopic (exact) mass is 341 g/mol. The van der Waals surface area contributed by atoms with Crippen molar-refractivity contribution in [1.29, 1.82) is 0 Å². The number of hydrogen-bond acceptors (Lipinski definition) is 3. The van der Waals surface area contributed by atoms with Crippen LogP contribution < -0.4 is 10.5 Å². The van der Waals surface area contributed by atoms with Gasteiger partial charge in [-0.25, -0.2) is 4.99 Å². The molecule has 1 atom stereocenters. The van der Waals surface area contributed by atoms with Gasteiger partial charge in [-0.2, -0.15) is 0 Å². The fraction of sp³-hybridized carbons (Fsp3) is 0.500. The topological polar surface area (TPSA) is 60.1 Å². The summed E-state index contributed by atoms with van der Waals surface area (Å²) >= 11 is 3.46. The number of morpholine rings is 1. The molecular formula is C14H20BrN3O2. The minimum atomic E-state index is -0.0340. The summed E-state index contributed by atoms with van der Waals surface area (Å²) in [5.74, 6) is 1.39. The lowest BCUT2D eigenvalue weighted by Crippen LogP contribution is -2.45. The van der Waals surface area contributed by atoms with Crippen molar-refractivity contribution in [2.45, 2.75) is 13.0 Å². The Balaban J connectivity index is 1.85. The van der Waals surface area contributed by atoms with Gasteiger partial charge in [0, 0.05) is 13.1 Å². The number of ether oxygens (including phenoxy) is 2. The molecule has 0 radical (unpaired) electrons. The lowest BCUT2D eigenvalue weighted by atomic mass is 10.3. The van der Waals surface area contributed by atoms with Crippen molar-refractivity contribution in [3.8, 4) is 5.75 Å². The first kappa shape index (κ1) is 15.1. The van der Waals surface area contributed by atoms with Gasteiger partial charge < -0.3 is 20.1 Å². The molecule has 0 aromatic heterocycles. The van der Waals surface area contributed by atoms with Crippen LogP contribution in [0.1, 0.15) is 6.92 Å². The molecule has 1 aromatic rings. The van der Waals surface area contributed by atoms with E-state index in [1.807, 2.05) is 36.1 Å². The van der Waals surface area contributed by atoms with E-state index in [4.69, 9.17) is 15.2 Å². The first-order chi connectivity index (χ1) is 9.66. The zero-order chi connectivity index (χ0) is 14.4. The minimum Gasteiger partial charge on any atom is -0.488 e. The lowest BCUT2D eigenvalue weighted by Gasteiger charge is -2.27. The molecule has 0 aliphatic carbocycles. The van der Waals surface area contributed by atoms with E-state index in [2.05, 4.69) is 20.9 Å². The van der Waals surface area contributed by atoms with Gasteiger partial charge in [-0.1, -0.05) is 12.1 Å². The molecule has 0 spiro atoms.